The minimum Gasteiger partial charge on any atom is -0.346 e. The van der Waals surface area contributed by atoms with Crippen molar-refractivity contribution in [3.8, 4) is 17.3 Å². The van der Waals surface area contributed by atoms with Gasteiger partial charge in [-0.25, -0.2) is 18.4 Å². The van der Waals surface area contributed by atoms with E-state index in [1.807, 2.05) is 23.1 Å². The smallest absolute Gasteiger partial charge is 0.260 e. The first-order valence-electron chi connectivity index (χ1n) is 11.8. The number of nitrogens with one attached hydrogen (secondary N) is 1. The third-order valence-corrected chi connectivity index (χ3v) is 9.39. The van der Waals surface area contributed by atoms with E-state index in [9.17, 15) is 13.7 Å². The minimum absolute atomic E-state index is 0.216. The molecule has 6 heterocycles. The van der Waals surface area contributed by atoms with Gasteiger partial charge in [-0.15, -0.1) is 0 Å². The molecular weight excluding hydrogens is 480 g/mol. The Kier molecular flexibility index (Phi) is 5.40. The summed E-state index contributed by atoms with van der Waals surface area (Å²) in [5, 5.41) is 19.4. The van der Waals surface area contributed by atoms with Gasteiger partial charge in [0.05, 0.1) is 30.6 Å². The van der Waals surface area contributed by atoms with Crippen LogP contribution < -0.4 is 0 Å². The number of sulfonamides is 1. The molecule has 0 atom stereocenters. The first-order chi connectivity index (χ1) is 17.4. The lowest BCUT2D eigenvalue weighted by Gasteiger charge is -2.53. The summed E-state index contributed by atoms with van der Waals surface area (Å²) in [5.74, 6) is 0. The fourth-order valence-corrected chi connectivity index (χ4v) is 7.02. The number of hydrogen-bond donors (Lipinski definition) is 1. The van der Waals surface area contributed by atoms with Gasteiger partial charge in [0.15, 0.2) is 5.03 Å². The van der Waals surface area contributed by atoms with Crippen LogP contribution in [-0.2, 0) is 22.6 Å². The molecule has 0 bridgehead atoms. The second kappa shape index (κ2) is 8.51. The first kappa shape index (κ1) is 22.8. The number of H-pyrrole nitrogens is 1. The summed E-state index contributed by atoms with van der Waals surface area (Å²) in [6.07, 6.45) is 10.5. The van der Waals surface area contributed by atoms with E-state index in [-0.39, 0.29) is 11.1 Å². The lowest BCUT2D eigenvalue weighted by atomic mass is 9.84. The molecule has 0 amide bonds. The summed E-state index contributed by atoms with van der Waals surface area (Å²) in [6.45, 7) is 2.33. The predicted molar refractivity (Wildman–Crippen MR) is 130 cm³/mol. The normalized spacial score (nSPS) is 19.3. The van der Waals surface area contributed by atoms with Gasteiger partial charge in [0.25, 0.3) is 10.0 Å². The molecule has 0 spiro atoms. The molecule has 2 saturated heterocycles. The molecule has 36 heavy (non-hydrogen) atoms. The summed E-state index contributed by atoms with van der Waals surface area (Å²) < 4.78 is 30.8. The molecule has 0 aromatic carbocycles. The molecule has 2 aliphatic rings. The van der Waals surface area contributed by atoms with E-state index < -0.39 is 15.6 Å². The van der Waals surface area contributed by atoms with Crippen molar-refractivity contribution in [3.63, 3.8) is 0 Å². The number of rotatable bonds is 6. The number of aromatic amines is 1. The molecule has 0 unspecified atom stereocenters. The van der Waals surface area contributed by atoms with Gasteiger partial charge < -0.3 is 4.98 Å². The summed E-state index contributed by atoms with van der Waals surface area (Å²) >= 11 is 0. The number of nitrogens with zero attached hydrogens (tertiary/aromatic N) is 9. The van der Waals surface area contributed by atoms with Gasteiger partial charge in [-0.05, 0) is 25.0 Å². The zero-order valence-corrected chi connectivity index (χ0v) is 20.6. The maximum Gasteiger partial charge on any atom is 0.260 e. The topological polar surface area (TPSA) is 142 Å². The van der Waals surface area contributed by atoms with Crippen LogP contribution in [0.1, 0.15) is 19.3 Å². The maximum absolute atomic E-state index is 13.0. The highest BCUT2D eigenvalue weighted by atomic mass is 32.2. The number of hydrogen-bond acceptors (Lipinski definition) is 8. The molecule has 1 N–H and O–H groups in total. The van der Waals surface area contributed by atoms with Crippen LogP contribution in [0.15, 0.2) is 48.3 Å². The van der Waals surface area contributed by atoms with Gasteiger partial charge in [0, 0.05) is 62.6 Å². The van der Waals surface area contributed by atoms with E-state index in [4.69, 9.17) is 0 Å². The molecule has 4 aromatic heterocycles. The Morgan fingerprint density at radius 3 is 2.72 bits per heavy atom. The molecule has 13 heteroatoms. The zero-order valence-electron chi connectivity index (χ0n) is 19.8. The van der Waals surface area contributed by atoms with Crippen LogP contribution in [0.5, 0.6) is 0 Å². The van der Waals surface area contributed by atoms with Crippen LogP contribution in [0, 0.1) is 11.3 Å². The molecule has 0 radical (unpaired) electrons. The Morgan fingerprint density at radius 1 is 1.19 bits per heavy atom. The minimum atomic E-state index is -3.55. The monoisotopic (exact) mass is 506 g/mol. The Morgan fingerprint density at radius 2 is 2.00 bits per heavy atom. The number of nitriles is 1. The van der Waals surface area contributed by atoms with Crippen molar-refractivity contribution in [2.75, 3.05) is 26.2 Å². The number of piperidine rings is 1. The summed E-state index contributed by atoms with van der Waals surface area (Å²) in [7, 11) is -1.91. The van der Waals surface area contributed by atoms with Crippen molar-refractivity contribution in [3.05, 3.63) is 43.2 Å². The fourth-order valence-electron chi connectivity index (χ4n) is 5.45. The van der Waals surface area contributed by atoms with E-state index in [2.05, 4.69) is 36.1 Å². The molecule has 12 nitrogen and oxygen atoms in total. The largest absolute Gasteiger partial charge is 0.346 e. The van der Waals surface area contributed by atoms with Gasteiger partial charge in [0.2, 0.25) is 0 Å². The average molecular weight is 507 g/mol. The van der Waals surface area contributed by atoms with E-state index in [0.717, 1.165) is 35.1 Å². The van der Waals surface area contributed by atoms with Crippen molar-refractivity contribution in [2.45, 2.75) is 35.9 Å². The highest BCUT2D eigenvalue weighted by Crippen LogP contribution is 2.37. The maximum atomic E-state index is 13.0. The Labute approximate surface area is 208 Å². The van der Waals surface area contributed by atoms with Crippen molar-refractivity contribution in [1.82, 2.24) is 43.7 Å². The number of aromatic nitrogens is 7. The van der Waals surface area contributed by atoms with Crippen LogP contribution >= 0.6 is 0 Å². The van der Waals surface area contributed by atoms with Crippen molar-refractivity contribution in [2.24, 2.45) is 7.05 Å². The second-order valence-corrected chi connectivity index (χ2v) is 11.4. The lowest BCUT2D eigenvalue weighted by Crippen LogP contribution is -2.66. The Balaban J connectivity index is 1.15. The number of aryl methyl sites for hydroxylation is 1. The summed E-state index contributed by atoms with van der Waals surface area (Å²) in [4.78, 5) is 14.2. The molecule has 4 aromatic rings. The third-order valence-electron chi connectivity index (χ3n) is 7.42. The Bertz CT molecular complexity index is 1550. The van der Waals surface area contributed by atoms with Crippen LogP contribution in [0.25, 0.3) is 22.3 Å². The van der Waals surface area contributed by atoms with Crippen LogP contribution in [0.2, 0.25) is 0 Å². The quantitative estimate of drug-likeness (QED) is 0.413. The SMILES string of the molecule is Cn1nccc1S(=O)(=O)N1CCC(N2CC(CC#N)(n3cc(-c4ncnc5[nH]ccc45)cn3)C2)CC1. The first-order valence-corrected chi connectivity index (χ1v) is 13.3. The molecule has 186 valence electrons. The number of fused-ring (bicyclic) bond motifs is 1. The van der Waals surface area contributed by atoms with Crippen LogP contribution in [0.4, 0.5) is 0 Å². The van der Waals surface area contributed by atoms with Crippen LogP contribution in [-0.4, -0.2) is 84.4 Å². The molecule has 6 rings (SSSR count). The van der Waals surface area contributed by atoms with Crippen LogP contribution in [0.3, 0.4) is 0 Å². The van der Waals surface area contributed by atoms with Gasteiger partial charge >= 0.3 is 0 Å². The fraction of sp³-hybridized carbons (Fsp3) is 0.435. The van der Waals surface area contributed by atoms with Gasteiger partial charge in [0.1, 0.15) is 17.5 Å². The van der Waals surface area contributed by atoms with Crippen molar-refractivity contribution < 1.29 is 8.42 Å². The third kappa shape index (κ3) is 3.60. The molecule has 0 saturated carbocycles. The van der Waals surface area contributed by atoms with E-state index in [0.29, 0.717) is 32.6 Å². The van der Waals surface area contributed by atoms with Gasteiger partial charge in [-0.1, -0.05) is 0 Å². The van der Waals surface area contributed by atoms with Gasteiger partial charge in [-0.2, -0.15) is 19.8 Å². The summed E-state index contributed by atoms with van der Waals surface area (Å²) in [6, 6.07) is 6.09. The molecule has 2 aliphatic heterocycles. The van der Waals surface area contributed by atoms with Crippen molar-refractivity contribution in [1.29, 1.82) is 5.26 Å². The van der Waals surface area contributed by atoms with E-state index in [1.54, 1.807) is 17.5 Å². The highest BCUT2D eigenvalue weighted by Gasteiger charge is 2.48. The Hall–Kier alpha value is -3.60. The molecular formula is C23H26N10O2S. The summed E-state index contributed by atoms with van der Waals surface area (Å²) in [5.41, 5.74) is 2.05. The molecule has 2 fully saturated rings. The molecule has 0 aliphatic carbocycles. The van der Waals surface area contributed by atoms with Crippen molar-refractivity contribution >= 4 is 21.1 Å². The zero-order chi connectivity index (χ0) is 24.9. The second-order valence-electron chi connectivity index (χ2n) is 9.53. The van der Waals surface area contributed by atoms with E-state index >= 15 is 0 Å². The average Bonchev–Trinajstić information content (AvgIpc) is 3.62. The van der Waals surface area contributed by atoms with E-state index in [1.165, 1.54) is 23.3 Å². The standard InChI is InChI=1S/C23H26N10O2S/c1-30-20(3-9-28-30)36(34,35)32-10-4-18(5-11-32)31-14-23(15-31,6-7-24)33-13-17(12-29-33)21-19-2-8-25-22(19)27-16-26-21/h2-3,8-9,12-13,16,18H,4-6,10-11,14-15H2,1H3,(H,25,26,27). The lowest BCUT2D eigenvalue weighted by molar-refractivity contribution is -0.0382. The number of likely N-dealkylation sites (tertiary alicyclic amines) is 1. The highest BCUT2D eigenvalue weighted by molar-refractivity contribution is 7.89. The van der Waals surface area contributed by atoms with Gasteiger partial charge in [-0.3, -0.25) is 14.3 Å². The predicted octanol–water partition coefficient (Wildman–Crippen LogP) is 1.33.